The van der Waals surface area contributed by atoms with E-state index in [9.17, 15) is 13.5 Å². The summed E-state index contributed by atoms with van der Waals surface area (Å²) >= 11 is 0. The van der Waals surface area contributed by atoms with E-state index in [4.69, 9.17) is 4.74 Å². The van der Waals surface area contributed by atoms with Gasteiger partial charge in [-0.3, -0.25) is 4.72 Å². The third kappa shape index (κ3) is 6.19. The molecule has 0 spiro atoms. The Morgan fingerprint density at radius 2 is 1.69 bits per heavy atom. The molecule has 2 atom stereocenters. The van der Waals surface area contributed by atoms with Crippen LogP contribution in [0.1, 0.15) is 18.5 Å². The molecule has 0 unspecified atom stereocenters. The van der Waals surface area contributed by atoms with Crippen molar-refractivity contribution in [3.05, 3.63) is 72.3 Å². The molecule has 3 N–H and O–H groups in total. The Bertz CT molecular complexity index is 1050. The Morgan fingerprint density at radius 1 is 1.00 bits per heavy atom. The molecule has 0 radical (unpaired) electrons. The van der Waals surface area contributed by atoms with Gasteiger partial charge in [-0.05, 0) is 47.5 Å². The van der Waals surface area contributed by atoms with Gasteiger partial charge < -0.3 is 15.2 Å². The molecular formula is C22H26N2O4S. The van der Waals surface area contributed by atoms with Crippen molar-refractivity contribution in [3.8, 4) is 5.75 Å². The van der Waals surface area contributed by atoms with E-state index < -0.39 is 16.1 Å². The molecule has 3 aromatic rings. The first-order valence-electron chi connectivity index (χ1n) is 9.41. The van der Waals surface area contributed by atoms with Crippen molar-refractivity contribution in [2.45, 2.75) is 19.1 Å². The molecule has 3 aromatic carbocycles. The van der Waals surface area contributed by atoms with Crippen molar-refractivity contribution >= 4 is 26.5 Å². The van der Waals surface area contributed by atoms with Crippen molar-refractivity contribution in [3.63, 3.8) is 0 Å². The fraction of sp³-hybridized carbons (Fsp3) is 0.273. The lowest BCUT2D eigenvalue weighted by atomic mass is 9.99. The minimum absolute atomic E-state index is 0.0806. The SMILES string of the molecule is C[C@H](NC[C@H](O)COc1ccc(NS(C)(=O)=O)cc1)c1cccc2ccccc12. The number of ether oxygens (including phenoxy) is 1. The predicted octanol–water partition coefficient (Wildman–Crippen LogP) is 3.30. The van der Waals surface area contributed by atoms with Crippen LogP contribution in [0.3, 0.4) is 0 Å². The summed E-state index contributed by atoms with van der Waals surface area (Å²) in [7, 11) is -3.31. The van der Waals surface area contributed by atoms with Gasteiger partial charge in [0.1, 0.15) is 18.5 Å². The monoisotopic (exact) mass is 414 g/mol. The smallest absolute Gasteiger partial charge is 0.229 e. The number of aliphatic hydroxyl groups excluding tert-OH is 1. The van der Waals surface area contributed by atoms with Crippen LogP contribution in [-0.2, 0) is 10.0 Å². The molecule has 0 amide bonds. The van der Waals surface area contributed by atoms with Gasteiger partial charge >= 0.3 is 0 Å². The molecule has 29 heavy (non-hydrogen) atoms. The number of hydrogen-bond acceptors (Lipinski definition) is 5. The maximum absolute atomic E-state index is 11.2. The van der Waals surface area contributed by atoms with Gasteiger partial charge in [0, 0.05) is 18.3 Å². The van der Waals surface area contributed by atoms with Crippen LogP contribution in [0.25, 0.3) is 10.8 Å². The molecule has 6 nitrogen and oxygen atoms in total. The minimum Gasteiger partial charge on any atom is -0.491 e. The number of nitrogens with one attached hydrogen (secondary N) is 2. The first-order valence-corrected chi connectivity index (χ1v) is 11.3. The van der Waals surface area contributed by atoms with E-state index in [1.165, 1.54) is 16.3 Å². The normalized spacial score (nSPS) is 13.8. The molecule has 0 heterocycles. The topological polar surface area (TPSA) is 87.7 Å². The summed E-state index contributed by atoms with van der Waals surface area (Å²) in [5, 5.41) is 16.0. The number of sulfonamides is 1. The Labute approximate surface area is 171 Å². The zero-order valence-electron chi connectivity index (χ0n) is 16.5. The third-order valence-electron chi connectivity index (χ3n) is 4.55. The minimum atomic E-state index is -3.31. The van der Waals surface area contributed by atoms with E-state index in [1.807, 2.05) is 18.2 Å². The second-order valence-electron chi connectivity index (χ2n) is 7.06. The van der Waals surface area contributed by atoms with E-state index in [0.29, 0.717) is 18.0 Å². The average molecular weight is 415 g/mol. The number of anilines is 1. The zero-order chi connectivity index (χ0) is 20.9. The van der Waals surface area contributed by atoms with Gasteiger partial charge in [0.05, 0.1) is 6.26 Å². The summed E-state index contributed by atoms with van der Waals surface area (Å²) in [6, 6.07) is 21.1. The zero-order valence-corrected chi connectivity index (χ0v) is 17.3. The molecule has 0 aliphatic heterocycles. The van der Waals surface area contributed by atoms with Crippen molar-refractivity contribution < 1.29 is 18.3 Å². The second-order valence-corrected chi connectivity index (χ2v) is 8.81. The first kappa shape index (κ1) is 21.1. The lowest BCUT2D eigenvalue weighted by Gasteiger charge is -2.19. The summed E-state index contributed by atoms with van der Waals surface area (Å²) in [6.45, 7) is 2.59. The molecular weight excluding hydrogens is 388 g/mol. The summed E-state index contributed by atoms with van der Waals surface area (Å²) in [6.07, 6.45) is 0.418. The van der Waals surface area contributed by atoms with Gasteiger partial charge in [0.2, 0.25) is 10.0 Å². The van der Waals surface area contributed by atoms with Crippen molar-refractivity contribution in [1.29, 1.82) is 0 Å². The van der Waals surface area contributed by atoms with E-state index in [1.54, 1.807) is 24.3 Å². The van der Waals surface area contributed by atoms with Crippen LogP contribution in [0.2, 0.25) is 0 Å². The van der Waals surface area contributed by atoms with Crippen LogP contribution in [-0.4, -0.2) is 39.0 Å². The number of aliphatic hydroxyl groups is 1. The molecule has 154 valence electrons. The van der Waals surface area contributed by atoms with E-state index in [2.05, 4.69) is 41.2 Å². The summed E-state index contributed by atoms with van der Waals surface area (Å²) in [5.74, 6) is 0.560. The van der Waals surface area contributed by atoms with Crippen molar-refractivity contribution in [2.75, 3.05) is 24.1 Å². The first-order chi connectivity index (χ1) is 13.8. The molecule has 0 aromatic heterocycles. The maximum Gasteiger partial charge on any atom is 0.229 e. The standard InChI is InChI=1S/C22H26N2O4S/c1-16(21-9-5-7-17-6-3-4-8-22(17)21)23-14-19(25)15-28-20-12-10-18(11-13-20)24-29(2,26)27/h3-13,16,19,23-25H,14-15H2,1-2H3/t16-,19-/m0/s1. The molecule has 0 saturated heterocycles. The fourth-order valence-electron chi connectivity index (χ4n) is 3.14. The Balaban J connectivity index is 1.50. The summed E-state index contributed by atoms with van der Waals surface area (Å²) in [5.41, 5.74) is 1.65. The lowest BCUT2D eigenvalue weighted by molar-refractivity contribution is 0.104. The highest BCUT2D eigenvalue weighted by molar-refractivity contribution is 7.92. The number of benzene rings is 3. The summed E-state index contributed by atoms with van der Waals surface area (Å²) in [4.78, 5) is 0. The molecule has 3 rings (SSSR count). The average Bonchev–Trinajstić information content (AvgIpc) is 2.70. The van der Waals surface area contributed by atoms with E-state index >= 15 is 0 Å². The molecule has 0 saturated carbocycles. The molecule has 0 fully saturated rings. The highest BCUT2D eigenvalue weighted by Crippen LogP contribution is 2.24. The Kier molecular flexibility index (Phi) is 6.74. The quantitative estimate of drug-likeness (QED) is 0.500. The highest BCUT2D eigenvalue weighted by Gasteiger charge is 2.12. The van der Waals surface area contributed by atoms with Crippen LogP contribution in [0, 0.1) is 0 Å². The van der Waals surface area contributed by atoms with Gasteiger partial charge in [-0.1, -0.05) is 42.5 Å². The number of rotatable bonds is 9. The van der Waals surface area contributed by atoms with Crippen molar-refractivity contribution in [2.24, 2.45) is 0 Å². The van der Waals surface area contributed by atoms with E-state index in [0.717, 1.165) is 6.26 Å². The van der Waals surface area contributed by atoms with E-state index in [-0.39, 0.29) is 12.6 Å². The van der Waals surface area contributed by atoms with Gasteiger partial charge in [-0.25, -0.2) is 8.42 Å². The molecule has 0 bridgehead atoms. The van der Waals surface area contributed by atoms with Gasteiger partial charge in [-0.15, -0.1) is 0 Å². The Morgan fingerprint density at radius 3 is 2.41 bits per heavy atom. The fourth-order valence-corrected chi connectivity index (χ4v) is 3.70. The molecule has 7 heteroatoms. The predicted molar refractivity (Wildman–Crippen MR) is 117 cm³/mol. The summed E-state index contributed by atoms with van der Waals surface area (Å²) < 4.78 is 30.4. The van der Waals surface area contributed by atoms with Crippen LogP contribution in [0.5, 0.6) is 5.75 Å². The van der Waals surface area contributed by atoms with Crippen LogP contribution < -0.4 is 14.8 Å². The maximum atomic E-state index is 11.2. The third-order valence-corrected chi connectivity index (χ3v) is 5.16. The molecule has 0 aliphatic rings. The van der Waals surface area contributed by atoms with Gasteiger partial charge in [-0.2, -0.15) is 0 Å². The lowest BCUT2D eigenvalue weighted by Crippen LogP contribution is -2.33. The van der Waals surface area contributed by atoms with Crippen LogP contribution >= 0.6 is 0 Å². The van der Waals surface area contributed by atoms with Crippen molar-refractivity contribution in [1.82, 2.24) is 5.32 Å². The number of fused-ring (bicyclic) bond motifs is 1. The van der Waals surface area contributed by atoms with Gasteiger partial charge in [0.15, 0.2) is 0 Å². The van der Waals surface area contributed by atoms with Crippen LogP contribution in [0.4, 0.5) is 5.69 Å². The molecule has 0 aliphatic carbocycles. The van der Waals surface area contributed by atoms with Crippen LogP contribution in [0.15, 0.2) is 66.7 Å². The largest absolute Gasteiger partial charge is 0.491 e. The van der Waals surface area contributed by atoms with Gasteiger partial charge in [0.25, 0.3) is 0 Å². The second kappa shape index (κ2) is 9.26. The number of hydrogen-bond donors (Lipinski definition) is 3. The Hall–Kier alpha value is -2.61. The highest BCUT2D eigenvalue weighted by atomic mass is 32.2.